The third-order valence-electron chi connectivity index (χ3n) is 4.70. The Hall–Kier alpha value is -3.29. The molecule has 0 aliphatic carbocycles. The van der Waals surface area contributed by atoms with Gasteiger partial charge >= 0.3 is 0 Å². The molecule has 0 bridgehead atoms. The lowest BCUT2D eigenvalue weighted by Gasteiger charge is -2.10. The number of hydrogen-bond acceptors (Lipinski definition) is 5. The molecule has 2 heterocycles. The molecular weight excluding hydrogens is 396 g/mol. The predicted molar refractivity (Wildman–Crippen MR) is 117 cm³/mol. The number of nitrogens with one attached hydrogen (secondary N) is 1. The largest absolute Gasteiger partial charge is 0.386 e. The first-order valence-electron chi connectivity index (χ1n) is 9.66. The summed E-state index contributed by atoms with van der Waals surface area (Å²) in [5.41, 5.74) is 3.26. The molecule has 0 saturated heterocycles. The maximum atomic E-state index is 12.6. The van der Waals surface area contributed by atoms with E-state index in [0.717, 1.165) is 11.1 Å². The highest BCUT2D eigenvalue weighted by molar-refractivity contribution is 7.17. The van der Waals surface area contributed by atoms with Gasteiger partial charge in [-0.05, 0) is 24.1 Å². The number of carbonyl (C=O) groups is 1. The molecule has 2 N–H and O–H groups in total. The van der Waals surface area contributed by atoms with Gasteiger partial charge in [-0.3, -0.25) is 9.48 Å². The minimum atomic E-state index is -0.642. The molecule has 4 rings (SSSR count). The molecule has 0 aliphatic heterocycles. The van der Waals surface area contributed by atoms with Gasteiger partial charge in [0.25, 0.3) is 5.91 Å². The standard InChI is InChI=1S/C23H22N4O2S/c1-16-21(22(29)24-14-17-8-4-2-5-9-17)30-23(25-16)19-12-13-27(26-19)15-20(28)18-10-6-3-7-11-18/h2-13,20,28H,14-15H2,1H3,(H,24,29). The van der Waals surface area contributed by atoms with E-state index in [-0.39, 0.29) is 5.91 Å². The maximum absolute atomic E-state index is 12.6. The van der Waals surface area contributed by atoms with Gasteiger partial charge in [0.15, 0.2) is 0 Å². The van der Waals surface area contributed by atoms with Crippen LogP contribution in [0, 0.1) is 6.92 Å². The van der Waals surface area contributed by atoms with Crippen LogP contribution in [0.5, 0.6) is 0 Å². The quantitative estimate of drug-likeness (QED) is 0.476. The van der Waals surface area contributed by atoms with Crippen LogP contribution in [0.4, 0.5) is 0 Å². The molecule has 2 aromatic carbocycles. The number of nitrogens with zero attached hydrogens (tertiary/aromatic N) is 3. The highest BCUT2D eigenvalue weighted by Gasteiger charge is 2.18. The van der Waals surface area contributed by atoms with E-state index < -0.39 is 6.10 Å². The van der Waals surface area contributed by atoms with Crippen LogP contribution in [0.1, 0.15) is 32.6 Å². The number of carbonyl (C=O) groups excluding carboxylic acids is 1. The van der Waals surface area contributed by atoms with E-state index in [4.69, 9.17) is 0 Å². The Kier molecular flexibility index (Phi) is 6.02. The van der Waals surface area contributed by atoms with E-state index in [9.17, 15) is 9.90 Å². The molecule has 0 radical (unpaired) electrons. The zero-order valence-electron chi connectivity index (χ0n) is 16.5. The number of aliphatic hydroxyl groups is 1. The van der Waals surface area contributed by atoms with Gasteiger partial charge in [-0.15, -0.1) is 11.3 Å². The monoisotopic (exact) mass is 418 g/mol. The second-order valence-electron chi connectivity index (χ2n) is 6.95. The van der Waals surface area contributed by atoms with Crippen LogP contribution in [0.3, 0.4) is 0 Å². The summed E-state index contributed by atoms with van der Waals surface area (Å²) in [6, 6.07) is 21.1. The van der Waals surface area contributed by atoms with Crippen molar-refractivity contribution < 1.29 is 9.90 Å². The Morgan fingerprint density at radius 2 is 1.80 bits per heavy atom. The van der Waals surface area contributed by atoms with E-state index in [1.165, 1.54) is 11.3 Å². The van der Waals surface area contributed by atoms with Gasteiger partial charge in [0.1, 0.15) is 15.6 Å². The molecule has 1 unspecified atom stereocenters. The van der Waals surface area contributed by atoms with Crippen molar-refractivity contribution >= 4 is 17.2 Å². The molecule has 4 aromatic rings. The maximum Gasteiger partial charge on any atom is 0.263 e. The summed E-state index contributed by atoms with van der Waals surface area (Å²) in [7, 11) is 0. The zero-order valence-corrected chi connectivity index (χ0v) is 17.3. The average Bonchev–Trinajstić information content (AvgIpc) is 3.40. The molecule has 1 atom stereocenters. The third-order valence-corrected chi connectivity index (χ3v) is 5.88. The van der Waals surface area contributed by atoms with Crippen LogP contribution in [0.25, 0.3) is 10.7 Å². The van der Waals surface area contributed by atoms with E-state index in [0.29, 0.717) is 34.4 Å². The molecule has 30 heavy (non-hydrogen) atoms. The molecule has 0 saturated carbocycles. The molecular formula is C23H22N4O2S. The first-order chi connectivity index (χ1) is 14.6. The highest BCUT2D eigenvalue weighted by atomic mass is 32.1. The first-order valence-corrected chi connectivity index (χ1v) is 10.5. The number of amides is 1. The molecule has 2 aromatic heterocycles. The molecule has 1 amide bonds. The minimum absolute atomic E-state index is 0.140. The number of aromatic nitrogens is 3. The minimum Gasteiger partial charge on any atom is -0.386 e. The van der Waals surface area contributed by atoms with Crippen LogP contribution in [-0.2, 0) is 13.1 Å². The fourth-order valence-corrected chi connectivity index (χ4v) is 4.06. The Morgan fingerprint density at radius 1 is 1.10 bits per heavy atom. The summed E-state index contributed by atoms with van der Waals surface area (Å²) in [6.45, 7) is 2.64. The number of aliphatic hydroxyl groups excluding tert-OH is 1. The lowest BCUT2D eigenvalue weighted by atomic mass is 10.1. The van der Waals surface area contributed by atoms with Gasteiger partial charge in [0.05, 0.1) is 18.3 Å². The van der Waals surface area contributed by atoms with Crippen LogP contribution in [0.15, 0.2) is 72.9 Å². The normalized spacial score (nSPS) is 11.9. The second-order valence-corrected chi connectivity index (χ2v) is 7.95. The summed E-state index contributed by atoms with van der Waals surface area (Å²) in [6.07, 6.45) is 1.17. The van der Waals surface area contributed by atoms with E-state index in [1.807, 2.05) is 79.9 Å². The van der Waals surface area contributed by atoms with Crippen molar-refractivity contribution in [3.05, 3.63) is 94.6 Å². The molecule has 6 nitrogen and oxygen atoms in total. The summed E-state index contributed by atoms with van der Waals surface area (Å²) in [5, 5.41) is 18.6. The van der Waals surface area contributed by atoms with Crippen LogP contribution < -0.4 is 5.32 Å². The van der Waals surface area contributed by atoms with E-state index in [2.05, 4.69) is 15.4 Å². The Balaban J connectivity index is 1.43. The van der Waals surface area contributed by atoms with Crippen molar-refractivity contribution in [3.8, 4) is 10.7 Å². The summed E-state index contributed by atoms with van der Waals surface area (Å²) in [5.74, 6) is -0.140. The fraction of sp³-hybridized carbons (Fsp3) is 0.174. The lowest BCUT2D eigenvalue weighted by molar-refractivity contribution is 0.0954. The van der Waals surface area contributed by atoms with Crippen molar-refractivity contribution in [3.63, 3.8) is 0 Å². The zero-order chi connectivity index (χ0) is 20.9. The van der Waals surface area contributed by atoms with Crippen molar-refractivity contribution in [2.45, 2.75) is 26.1 Å². The van der Waals surface area contributed by atoms with Crippen molar-refractivity contribution in [2.24, 2.45) is 0 Å². The molecule has 0 aliphatic rings. The number of thiazole rings is 1. The number of hydrogen-bond donors (Lipinski definition) is 2. The van der Waals surface area contributed by atoms with Crippen molar-refractivity contribution in [1.82, 2.24) is 20.1 Å². The second kappa shape index (κ2) is 9.02. The Bertz CT molecular complexity index is 1120. The van der Waals surface area contributed by atoms with Gasteiger partial charge < -0.3 is 10.4 Å². The van der Waals surface area contributed by atoms with E-state index in [1.54, 1.807) is 4.68 Å². The van der Waals surface area contributed by atoms with Gasteiger partial charge in [0, 0.05) is 12.7 Å². The van der Waals surface area contributed by atoms with Gasteiger partial charge in [0.2, 0.25) is 0 Å². The third kappa shape index (κ3) is 4.64. The Morgan fingerprint density at radius 3 is 2.53 bits per heavy atom. The highest BCUT2D eigenvalue weighted by Crippen LogP contribution is 2.27. The van der Waals surface area contributed by atoms with Crippen LogP contribution in [-0.4, -0.2) is 25.8 Å². The van der Waals surface area contributed by atoms with E-state index >= 15 is 0 Å². The first kappa shape index (κ1) is 20.0. The topological polar surface area (TPSA) is 80.0 Å². The lowest BCUT2D eigenvalue weighted by Crippen LogP contribution is -2.22. The van der Waals surface area contributed by atoms with Crippen molar-refractivity contribution in [2.75, 3.05) is 0 Å². The van der Waals surface area contributed by atoms with Crippen LogP contribution >= 0.6 is 11.3 Å². The summed E-state index contributed by atoms with van der Waals surface area (Å²) < 4.78 is 1.69. The smallest absolute Gasteiger partial charge is 0.263 e. The number of rotatable bonds is 7. The van der Waals surface area contributed by atoms with Crippen molar-refractivity contribution in [1.29, 1.82) is 0 Å². The SMILES string of the molecule is Cc1nc(-c2ccn(CC(O)c3ccccc3)n2)sc1C(=O)NCc1ccccc1. The average molecular weight is 419 g/mol. The van der Waals surface area contributed by atoms with Crippen LogP contribution in [0.2, 0.25) is 0 Å². The van der Waals surface area contributed by atoms with Gasteiger partial charge in [-0.1, -0.05) is 60.7 Å². The molecule has 0 spiro atoms. The predicted octanol–water partition coefficient (Wildman–Crippen LogP) is 3.98. The Labute approximate surface area is 178 Å². The summed E-state index contributed by atoms with van der Waals surface area (Å²) in [4.78, 5) is 17.7. The number of aryl methyl sites for hydroxylation is 1. The molecule has 7 heteroatoms. The molecule has 0 fully saturated rings. The summed E-state index contributed by atoms with van der Waals surface area (Å²) >= 11 is 1.32. The fourth-order valence-electron chi connectivity index (χ4n) is 3.11. The molecule has 152 valence electrons. The van der Waals surface area contributed by atoms with Gasteiger partial charge in [-0.2, -0.15) is 5.10 Å². The number of benzene rings is 2. The van der Waals surface area contributed by atoms with Gasteiger partial charge in [-0.25, -0.2) is 4.98 Å².